The molecule has 1 aliphatic rings. The largest absolute Gasteiger partial charge is 0.497 e. The van der Waals surface area contributed by atoms with Gasteiger partial charge in [0.05, 0.1) is 7.11 Å². The Balaban J connectivity index is 1.35. The van der Waals surface area contributed by atoms with Crippen molar-refractivity contribution in [2.45, 2.75) is 42.6 Å². The number of nitrogens with zero attached hydrogens (tertiary/aromatic N) is 1. The number of amides is 1. The molecule has 7 rings (SSSR count). The third kappa shape index (κ3) is 8.36. The minimum Gasteiger partial charge on any atom is -0.497 e. The summed E-state index contributed by atoms with van der Waals surface area (Å²) in [7, 11) is -1.47. The predicted molar refractivity (Wildman–Crippen MR) is 252 cm³/mol. The van der Waals surface area contributed by atoms with Gasteiger partial charge in [-0.05, 0) is 49.0 Å². The van der Waals surface area contributed by atoms with Gasteiger partial charge in [-0.3, -0.25) is 14.5 Å². The molecule has 0 N–H and O–H groups in total. The molecule has 0 aromatic heterocycles. The number of carbonyl (C=O) groups excluding carboxylic acids is 3. The average Bonchev–Trinajstić information content (AvgIpc) is 3.29. The van der Waals surface area contributed by atoms with Crippen molar-refractivity contribution in [3.8, 4) is 5.75 Å². The first kappa shape index (κ1) is 43.1. The Hall–Kier alpha value is -4.96. The molecule has 7 nitrogen and oxygen atoms in total. The van der Waals surface area contributed by atoms with E-state index < -0.39 is 31.4 Å². The molecule has 6 aromatic carbocycles. The zero-order chi connectivity index (χ0) is 42.3. The fraction of sp³-hybridized carbons (Fsp3) is 0.184. The number of hydrogen-bond donors (Lipinski definition) is 0. The van der Waals surface area contributed by atoms with Gasteiger partial charge in [0.25, 0.3) is 8.32 Å². The minimum absolute atomic E-state index is 0.0481. The molecule has 11 heteroatoms. The lowest BCUT2D eigenvalue weighted by atomic mass is 10.2. The number of hydrogen-bond acceptors (Lipinski definition) is 7. The first-order valence-electron chi connectivity index (χ1n) is 19.7. The molecule has 1 saturated heterocycles. The molecule has 1 heterocycles. The van der Waals surface area contributed by atoms with Crippen molar-refractivity contribution >= 4 is 91.6 Å². The predicted octanol–water partition coefficient (Wildman–Crippen LogP) is 7.63. The Morgan fingerprint density at radius 3 is 1.53 bits per heavy atom. The van der Waals surface area contributed by atoms with E-state index in [4.69, 9.17) is 13.9 Å². The lowest BCUT2D eigenvalue weighted by Crippen LogP contribution is -2.67. The lowest BCUT2D eigenvalue weighted by molar-refractivity contribution is -0.142. The molecule has 2 unspecified atom stereocenters. The van der Waals surface area contributed by atoms with Crippen molar-refractivity contribution in [3.63, 3.8) is 0 Å². The van der Waals surface area contributed by atoms with Gasteiger partial charge in [0.15, 0.2) is 0 Å². The summed E-state index contributed by atoms with van der Waals surface area (Å²) in [6.07, 6.45) is 0. The minimum atomic E-state index is -3.21. The van der Waals surface area contributed by atoms with E-state index in [2.05, 4.69) is 61.0 Å². The van der Waals surface area contributed by atoms with Gasteiger partial charge >= 0.3 is 5.97 Å². The number of thioether (sulfide) groups is 1. The highest BCUT2D eigenvalue weighted by Crippen LogP contribution is 2.50. The standard InChI is InChI=1S/C49H47BrNO6PSSi/c1-49(2,3)60(41-26-16-8-17-27-41,42-28-18-9-19-29-42)57-35-43(52)59-47-44(50)45(53)51(47)46(48(54)56-34-36-30-32-37(55-4)33-31-36)58(38-20-10-5-11-21-38,39-22-12-6-13-23-39)40-24-14-7-15-25-40/h5-33,44,47H,34-35H2,1-4H3. The normalized spacial score (nSPS) is 15.5. The number of halogens is 1. The number of carbonyl (C=O) groups is 3. The number of esters is 1. The molecule has 0 aliphatic carbocycles. The van der Waals surface area contributed by atoms with Crippen molar-refractivity contribution in [2.24, 2.45) is 0 Å². The van der Waals surface area contributed by atoms with Crippen LogP contribution in [0.4, 0.5) is 0 Å². The van der Waals surface area contributed by atoms with Gasteiger partial charge in [-0.1, -0.05) is 212 Å². The van der Waals surface area contributed by atoms with Crippen LogP contribution in [0.5, 0.6) is 5.75 Å². The van der Waals surface area contributed by atoms with E-state index in [-0.39, 0.29) is 34.7 Å². The Labute approximate surface area is 366 Å². The topological polar surface area (TPSA) is 82.1 Å². The van der Waals surface area contributed by atoms with E-state index in [1.165, 1.54) is 4.90 Å². The average molecular weight is 917 g/mol. The number of ether oxygens (including phenoxy) is 2. The van der Waals surface area contributed by atoms with Crippen LogP contribution in [-0.2, 0) is 30.2 Å². The second kappa shape index (κ2) is 18.8. The smallest absolute Gasteiger partial charge is 0.356 e. The fourth-order valence-electron chi connectivity index (χ4n) is 7.96. The summed E-state index contributed by atoms with van der Waals surface area (Å²) in [5.41, 5.74) is 0.944. The van der Waals surface area contributed by atoms with Crippen molar-refractivity contribution in [3.05, 3.63) is 181 Å². The zero-order valence-electron chi connectivity index (χ0n) is 33.9. The highest BCUT2D eigenvalue weighted by molar-refractivity contribution is 9.10. The second-order valence-corrected chi connectivity index (χ2v) is 25.1. The second-order valence-electron chi connectivity index (χ2n) is 15.4. The van der Waals surface area contributed by atoms with Gasteiger partial charge in [0.1, 0.15) is 34.6 Å². The highest BCUT2D eigenvalue weighted by atomic mass is 79.9. The summed E-state index contributed by atoms with van der Waals surface area (Å²) in [4.78, 5) is 45.0. The van der Waals surface area contributed by atoms with Gasteiger partial charge in [-0.25, -0.2) is 4.79 Å². The number of methoxy groups -OCH3 is 1. The van der Waals surface area contributed by atoms with E-state index >= 15 is 4.79 Å². The Morgan fingerprint density at radius 2 is 1.12 bits per heavy atom. The third-order valence-corrected chi connectivity index (χ3v) is 22.3. The SMILES string of the molecule is COc1ccc(COC(=O)C(N2C(=O)C(Br)C2SC(=O)CO[Si](c2ccccc2)(c2ccccc2)C(C)(C)C)=P(c2ccccc2)(c2ccccc2)c2ccccc2)cc1. The molecule has 6 aromatic rings. The maximum atomic E-state index is 15.2. The van der Waals surface area contributed by atoms with Crippen molar-refractivity contribution < 1.29 is 28.3 Å². The van der Waals surface area contributed by atoms with E-state index in [1.54, 1.807) is 7.11 Å². The van der Waals surface area contributed by atoms with Gasteiger partial charge < -0.3 is 13.9 Å². The summed E-state index contributed by atoms with van der Waals surface area (Å²) in [5, 5.41) is 3.28. The fourth-order valence-corrected chi connectivity index (χ4v) is 18.7. The zero-order valence-corrected chi connectivity index (χ0v) is 38.2. The van der Waals surface area contributed by atoms with Crippen LogP contribution in [0.3, 0.4) is 0 Å². The summed E-state index contributed by atoms with van der Waals surface area (Å²) >= 11 is 4.64. The monoisotopic (exact) mass is 915 g/mol. The molecule has 306 valence electrons. The number of β-lactam (4-membered cyclic amide) rings is 1. The van der Waals surface area contributed by atoms with Crippen molar-refractivity contribution in [1.29, 1.82) is 0 Å². The summed E-state index contributed by atoms with van der Waals surface area (Å²) in [5.74, 6) is -0.306. The van der Waals surface area contributed by atoms with E-state index in [9.17, 15) is 9.59 Å². The third-order valence-electron chi connectivity index (χ3n) is 10.7. The molecule has 60 heavy (non-hydrogen) atoms. The quantitative estimate of drug-likeness (QED) is 0.0366. The Bertz CT molecular complexity index is 2330. The Kier molecular flexibility index (Phi) is 13.5. The van der Waals surface area contributed by atoms with Crippen LogP contribution in [0.1, 0.15) is 26.3 Å². The molecule has 1 amide bonds. The van der Waals surface area contributed by atoms with Gasteiger partial charge in [0.2, 0.25) is 11.0 Å². The molecule has 0 spiro atoms. The highest BCUT2D eigenvalue weighted by Gasteiger charge is 2.55. The molecular weight excluding hydrogens is 870 g/mol. The summed E-state index contributed by atoms with van der Waals surface area (Å²) < 4.78 is 18.6. The van der Waals surface area contributed by atoms with Crippen LogP contribution in [0.2, 0.25) is 5.04 Å². The first-order chi connectivity index (χ1) is 29.0. The summed E-state index contributed by atoms with van der Waals surface area (Å²) in [6, 6.07) is 57.1. The van der Waals surface area contributed by atoms with Crippen LogP contribution in [0.25, 0.3) is 0 Å². The lowest BCUT2D eigenvalue weighted by Gasteiger charge is -2.47. The first-order valence-corrected chi connectivity index (χ1v) is 25.2. The maximum Gasteiger partial charge on any atom is 0.356 e. The van der Waals surface area contributed by atoms with Crippen molar-refractivity contribution in [1.82, 2.24) is 4.90 Å². The molecule has 1 fully saturated rings. The molecular formula is C49H47BrNO6PSSi. The number of rotatable bonds is 14. The molecule has 0 bridgehead atoms. The van der Waals surface area contributed by atoms with Crippen LogP contribution in [0, 0.1) is 0 Å². The number of likely N-dealkylation sites (tertiary alicyclic amines) is 1. The van der Waals surface area contributed by atoms with E-state index in [1.807, 2.05) is 152 Å². The molecule has 0 radical (unpaired) electrons. The van der Waals surface area contributed by atoms with Gasteiger partial charge in [0, 0.05) is 6.89 Å². The van der Waals surface area contributed by atoms with Crippen LogP contribution in [-0.4, -0.2) is 59.5 Å². The molecule has 2 atom stereocenters. The van der Waals surface area contributed by atoms with Crippen LogP contribution >= 0.6 is 34.6 Å². The van der Waals surface area contributed by atoms with Crippen LogP contribution < -0.4 is 31.0 Å². The van der Waals surface area contributed by atoms with E-state index in [0.29, 0.717) is 5.75 Å². The maximum absolute atomic E-state index is 15.2. The van der Waals surface area contributed by atoms with Crippen molar-refractivity contribution in [2.75, 3.05) is 13.7 Å². The summed E-state index contributed by atoms with van der Waals surface area (Å²) in [6.45, 7) is 3.03. The van der Waals surface area contributed by atoms with Crippen LogP contribution in [0.15, 0.2) is 176 Å². The van der Waals surface area contributed by atoms with Gasteiger partial charge in [-0.15, -0.1) is 0 Å². The molecule has 0 saturated carbocycles. The number of benzene rings is 6. The Morgan fingerprint density at radius 1 is 0.683 bits per heavy atom. The van der Waals surface area contributed by atoms with Gasteiger partial charge in [-0.2, -0.15) is 0 Å². The number of alkyl halides is 1. The van der Waals surface area contributed by atoms with E-state index in [0.717, 1.165) is 43.6 Å². The molecule has 1 aliphatic heterocycles.